The molecule has 3 aromatic carbocycles. The van der Waals surface area contributed by atoms with E-state index in [2.05, 4.69) is 106 Å². The van der Waals surface area contributed by atoms with Crippen molar-refractivity contribution in [2.75, 3.05) is 0 Å². The Hall–Kier alpha value is -1.81. The van der Waals surface area contributed by atoms with E-state index in [1.54, 1.807) is 0 Å². The van der Waals surface area contributed by atoms with Crippen LogP contribution >= 0.6 is 27.5 Å². The van der Waals surface area contributed by atoms with Gasteiger partial charge in [0.1, 0.15) is 8.07 Å². The lowest BCUT2D eigenvalue weighted by atomic mass is 10.2. The zero-order chi connectivity index (χ0) is 19.0. The van der Waals surface area contributed by atoms with Gasteiger partial charge in [0.15, 0.2) is 0 Å². The second-order valence-corrected chi connectivity index (χ2v) is 12.9. The molecule has 0 bridgehead atoms. The second kappa shape index (κ2) is 7.31. The van der Waals surface area contributed by atoms with Crippen LogP contribution in [0.5, 0.6) is 0 Å². The Morgan fingerprint density at radius 1 is 0.889 bits per heavy atom. The molecule has 1 nitrogen and oxygen atoms in total. The van der Waals surface area contributed by atoms with Crippen LogP contribution in [-0.2, 0) is 6.54 Å². The Morgan fingerprint density at radius 3 is 2.19 bits per heavy atom. The highest BCUT2D eigenvalue weighted by molar-refractivity contribution is 9.10. The fourth-order valence-corrected chi connectivity index (χ4v) is 8.84. The van der Waals surface area contributed by atoms with Crippen molar-refractivity contribution in [3.63, 3.8) is 0 Å². The van der Waals surface area contributed by atoms with Gasteiger partial charge in [0.25, 0.3) is 0 Å². The van der Waals surface area contributed by atoms with Crippen LogP contribution in [0.25, 0.3) is 10.9 Å². The first-order chi connectivity index (χ1) is 13.0. The van der Waals surface area contributed by atoms with E-state index >= 15 is 0 Å². The van der Waals surface area contributed by atoms with Gasteiger partial charge in [-0.3, -0.25) is 0 Å². The molecule has 4 rings (SSSR count). The summed E-state index contributed by atoms with van der Waals surface area (Å²) in [5.41, 5.74) is 2.51. The minimum absolute atomic E-state index is 0.783. The topological polar surface area (TPSA) is 4.93 Å². The summed E-state index contributed by atoms with van der Waals surface area (Å²) in [5, 5.41) is 4.86. The van der Waals surface area contributed by atoms with E-state index in [-0.39, 0.29) is 0 Å². The highest BCUT2D eigenvalue weighted by Crippen LogP contribution is 2.29. The van der Waals surface area contributed by atoms with Crippen molar-refractivity contribution in [2.24, 2.45) is 0 Å². The number of hydrogen-bond donors (Lipinski definition) is 0. The number of aromatic nitrogens is 1. The number of nitrogens with zero attached hydrogens (tertiary/aromatic N) is 1. The van der Waals surface area contributed by atoms with Crippen molar-refractivity contribution in [1.29, 1.82) is 0 Å². The van der Waals surface area contributed by atoms with Gasteiger partial charge >= 0.3 is 0 Å². The van der Waals surface area contributed by atoms with Crippen LogP contribution in [0, 0.1) is 0 Å². The average Bonchev–Trinajstić information content (AvgIpc) is 2.95. The maximum Gasteiger partial charge on any atom is 0.116 e. The molecule has 0 aliphatic heterocycles. The van der Waals surface area contributed by atoms with Crippen molar-refractivity contribution in [3.8, 4) is 0 Å². The molecule has 0 unspecified atom stereocenters. The molecule has 0 N–H and O–H groups in total. The Morgan fingerprint density at radius 2 is 1.52 bits per heavy atom. The Bertz CT molecular complexity index is 1090. The van der Waals surface area contributed by atoms with E-state index in [0.29, 0.717) is 0 Å². The van der Waals surface area contributed by atoms with Gasteiger partial charge in [-0.05, 0) is 44.9 Å². The second-order valence-electron chi connectivity index (χ2n) is 7.39. The van der Waals surface area contributed by atoms with Crippen molar-refractivity contribution < 1.29 is 0 Å². The van der Waals surface area contributed by atoms with Crippen LogP contribution < -0.4 is 10.4 Å². The van der Waals surface area contributed by atoms with E-state index in [1.807, 2.05) is 6.07 Å². The van der Waals surface area contributed by atoms with Crippen LogP contribution in [0.3, 0.4) is 0 Å². The zero-order valence-corrected chi connectivity index (χ0v) is 18.8. The van der Waals surface area contributed by atoms with Crippen LogP contribution in [0.15, 0.2) is 83.5 Å². The van der Waals surface area contributed by atoms with E-state index in [4.69, 9.17) is 11.6 Å². The quantitative estimate of drug-likeness (QED) is 0.337. The Kier molecular flexibility index (Phi) is 5.02. The predicted molar refractivity (Wildman–Crippen MR) is 123 cm³/mol. The van der Waals surface area contributed by atoms with Gasteiger partial charge in [0, 0.05) is 22.5 Å². The molecule has 0 saturated heterocycles. The van der Waals surface area contributed by atoms with Gasteiger partial charge in [0.05, 0.1) is 4.60 Å². The molecule has 1 aromatic heterocycles. The number of hydrogen-bond acceptors (Lipinski definition) is 0. The fraction of sp³-hybridized carbons (Fsp3) is 0.130. The van der Waals surface area contributed by atoms with E-state index in [9.17, 15) is 0 Å². The highest BCUT2D eigenvalue weighted by Gasteiger charge is 2.33. The summed E-state index contributed by atoms with van der Waals surface area (Å²) in [7, 11) is -1.91. The standard InChI is InChI=1S/C23H21BrClNSi/c1-27(2,19-11-7-4-8-12-19)22-20-15-18(25)13-14-21(20)26(23(22)24)16-17-9-5-3-6-10-17/h3-15H,16H2,1-2H3. The molecule has 0 aliphatic carbocycles. The van der Waals surface area contributed by atoms with Crippen molar-refractivity contribution in [2.45, 2.75) is 19.6 Å². The summed E-state index contributed by atoms with van der Waals surface area (Å²) in [6.07, 6.45) is 0. The smallest absolute Gasteiger partial charge is 0.116 e. The number of rotatable bonds is 4. The van der Waals surface area contributed by atoms with Gasteiger partial charge in [-0.1, -0.05) is 90.5 Å². The fourth-order valence-electron chi connectivity index (χ4n) is 3.81. The number of fused-ring (bicyclic) bond motifs is 1. The average molecular weight is 455 g/mol. The lowest BCUT2D eigenvalue weighted by Crippen LogP contribution is -2.53. The van der Waals surface area contributed by atoms with E-state index in [1.165, 1.54) is 31.4 Å². The van der Waals surface area contributed by atoms with Gasteiger partial charge < -0.3 is 4.57 Å². The zero-order valence-electron chi connectivity index (χ0n) is 15.4. The SMILES string of the molecule is C[Si](C)(c1ccccc1)c1c(Br)n(Cc2ccccc2)c2ccc(Cl)cc12. The largest absolute Gasteiger partial charge is 0.331 e. The summed E-state index contributed by atoms with van der Waals surface area (Å²) < 4.78 is 3.54. The third-order valence-electron chi connectivity index (χ3n) is 5.27. The molecule has 4 aromatic rings. The molecule has 136 valence electrons. The molecule has 0 fully saturated rings. The monoisotopic (exact) mass is 453 g/mol. The maximum atomic E-state index is 6.40. The summed E-state index contributed by atoms with van der Waals surface area (Å²) in [6, 6.07) is 27.7. The number of halogens is 2. The number of benzene rings is 3. The molecule has 0 radical (unpaired) electrons. The van der Waals surface area contributed by atoms with E-state index < -0.39 is 8.07 Å². The van der Waals surface area contributed by atoms with Crippen LogP contribution in [0.2, 0.25) is 18.1 Å². The summed E-state index contributed by atoms with van der Waals surface area (Å²) >= 11 is 10.4. The molecule has 0 aliphatic rings. The maximum absolute atomic E-state index is 6.40. The molecule has 0 saturated carbocycles. The molecule has 0 atom stereocenters. The van der Waals surface area contributed by atoms with Gasteiger partial charge in [-0.15, -0.1) is 0 Å². The lowest BCUT2D eigenvalue weighted by molar-refractivity contribution is 0.819. The third kappa shape index (κ3) is 3.40. The first-order valence-corrected chi connectivity index (χ1v) is 13.2. The first kappa shape index (κ1) is 18.5. The molecule has 0 amide bonds. The lowest BCUT2D eigenvalue weighted by Gasteiger charge is -2.24. The van der Waals surface area contributed by atoms with Gasteiger partial charge in [-0.25, -0.2) is 0 Å². The summed E-state index contributed by atoms with van der Waals surface area (Å²) in [5.74, 6) is 0. The normalized spacial score (nSPS) is 11.9. The van der Waals surface area contributed by atoms with Crippen LogP contribution in [0.4, 0.5) is 0 Å². The molecule has 0 spiro atoms. The minimum atomic E-state index is -1.91. The minimum Gasteiger partial charge on any atom is -0.331 e. The molecule has 27 heavy (non-hydrogen) atoms. The summed E-state index contributed by atoms with van der Waals surface area (Å²) in [6.45, 7) is 5.66. The molecular formula is C23H21BrClNSi. The molecule has 4 heteroatoms. The first-order valence-electron chi connectivity index (χ1n) is 9.05. The van der Waals surface area contributed by atoms with E-state index in [0.717, 1.165) is 11.6 Å². The Balaban J connectivity index is 1.96. The van der Waals surface area contributed by atoms with Crippen molar-refractivity contribution in [1.82, 2.24) is 4.57 Å². The van der Waals surface area contributed by atoms with Crippen LogP contribution in [0.1, 0.15) is 5.56 Å². The predicted octanol–water partition coefficient (Wildman–Crippen LogP) is 5.93. The third-order valence-corrected chi connectivity index (χ3v) is 10.2. The Labute approximate surface area is 174 Å². The summed E-state index contributed by atoms with van der Waals surface area (Å²) in [4.78, 5) is 0. The van der Waals surface area contributed by atoms with Gasteiger partial charge in [0.2, 0.25) is 0 Å². The molecular weight excluding hydrogens is 434 g/mol. The molecule has 1 heterocycles. The van der Waals surface area contributed by atoms with Crippen molar-refractivity contribution in [3.05, 3.63) is 94.1 Å². The van der Waals surface area contributed by atoms with Gasteiger partial charge in [-0.2, -0.15) is 0 Å². The van der Waals surface area contributed by atoms with Crippen molar-refractivity contribution >= 4 is 56.9 Å². The highest BCUT2D eigenvalue weighted by atomic mass is 79.9. The van der Waals surface area contributed by atoms with Crippen LogP contribution in [-0.4, -0.2) is 12.6 Å².